The second kappa shape index (κ2) is 8.30. The minimum atomic E-state index is -0.394. The third-order valence-electron chi connectivity index (χ3n) is 8.77. The molecule has 196 valence electrons. The van der Waals surface area contributed by atoms with Gasteiger partial charge in [0.05, 0.1) is 24.1 Å². The largest absolute Gasteiger partial charge is 0.494 e. The van der Waals surface area contributed by atoms with E-state index in [1.54, 1.807) is 0 Å². The lowest BCUT2D eigenvalue weighted by molar-refractivity contribution is -0.122. The van der Waals surface area contributed by atoms with E-state index in [1.807, 2.05) is 31.2 Å². The maximum Gasteiger partial charge on any atom is 0.238 e. The van der Waals surface area contributed by atoms with Gasteiger partial charge in [0.25, 0.3) is 0 Å². The van der Waals surface area contributed by atoms with E-state index >= 15 is 0 Å². The Kier molecular flexibility index (Phi) is 5.44. The lowest BCUT2D eigenvalue weighted by Gasteiger charge is -2.47. The quantitative estimate of drug-likeness (QED) is 0.356. The Morgan fingerprint density at radius 1 is 0.658 bits per heavy atom. The molecule has 7 rings (SSSR count). The maximum absolute atomic E-state index is 14.2. The molecule has 4 heteroatoms. The van der Waals surface area contributed by atoms with Gasteiger partial charge in [-0.3, -0.25) is 9.59 Å². The lowest BCUT2D eigenvalue weighted by Crippen LogP contribution is -2.42. The highest BCUT2D eigenvalue weighted by molar-refractivity contribution is 6.23. The molecule has 2 bridgehead atoms. The SMILES string of the molecule is CCOc1ccc(N2C(=O)[C@@H]3[C@@H]4c5ccc(C(C)(C)C)cc5[C@H](c5ccc(C(C)(C)C)cc54)[C@H]3C2=O)cc1. The Morgan fingerprint density at radius 2 is 1.11 bits per heavy atom. The molecule has 38 heavy (non-hydrogen) atoms. The molecule has 4 aliphatic rings. The second-order valence-corrected chi connectivity index (χ2v) is 13.1. The van der Waals surface area contributed by atoms with Gasteiger partial charge in [0.1, 0.15) is 5.75 Å². The fourth-order valence-electron chi connectivity index (χ4n) is 6.82. The molecule has 0 saturated carbocycles. The van der Waals surface area contributed by atoms with Crippen molar-refractivity contribution >= 4 is 17.5 Å². The van der Waals surface area contributed by atoms with Gasteiger partial charge in [-0.25, -0.2) is 4.90 Å². The van der Waals surface area contributed by atoms with Crippen LogP contribution in [0.5, 0.6) is 5.75 Å². The van der Waals surface area contributed by atoms with E-state index in [2.05, 4.69) is 77.9 Å². The zero-order valence-corrected chi connectivity index (χ0v) is 23.5. The summed E-state index contributed by atoms with van der Waals surface area (Å²) in [4.78, 5) is 29.7. The summed E-state index contributed by atoms with van der Waals surface area (Å²) in [5.74, 6) is -0.486. The maximum atomic E-state index is 14.2. The van der Waals surface area contributed by atoms with Crippen molar-refractivity contribution in [2.75, 3.05) is 11.5 Å². The van der Waals surface area contributed by atoms with Crippen LogP contribution in [0.25, 0.3) is 0 Å². The first-order valence-corrected chi connectivity index (χ1v) is 13.8. The summed E-state index contributed by atoms with van der Waals surface area (Å²) in [6.07, 6.45) is 0. The number of hydrogen-bond donors (Lipinski definition) is 0. The zero-order valence-electron chi connectivity index (χ0n) is 23.5. The molecule has 0 N–H and O–H groups in total. The number of carbonyl (C=O) groups excluding carboxylic acids is 2. The van der Waals surface area contributed by atoms with Gasteiger partial charge in [-0.15, -0.1) is 0 Å². The van der Waals surface area contributed by atoms with Crippen LogP contribution in [0.4, 0.5) is 5.69 Å². The van der Waals surface area contributed by atoms with Gasteiger partial charge in [-0.1, -0.05) is 77.9 Å². The minimum Gasteiger partial charge on any atom is -0.494 e. The van der Waals surface area contributed by atoms with Crippen LogP contribution in [-0.2, 0) is 20.4 Å². The van der Waals surface area contributed by atoms with E-state index in [4.69, 9.17) is 4.74 Å². The third-order valence-corrected chi connectivity index (χ3v) is 8.77. The van der Waals surface area contributed by atoms with Crippen molar-refractivity contribution in [3.63, 3.8) is 0 Å². The molecule has 3 aliphatic carbocycles. The van der Waals surface area contributed by atoms with Crippen molar-refractivity contribution < 1.29 is 14.3 Å². The second-order valence-electron chi connectivity index (χ2n) is 13.1. The van der Waals surface area contributed by atoms with E-state index in [0.29, 0.717) is 12.3 Å². The van der Waals surface area contributed by atoms with Gasteiger partial charge in [-0.05, 0) is 75.4 Å². The molecule has 3 aromatic carbocycles. The standard InChI is InChI=1S/C34H37NO3/c1-8-38-22-13-11-21(12-14-22)35-31(36)29-27-24-16-10-20(34(5,6)7)18-26(24)28(30(29)32(35)37)23-15-9-19(17-25(23)27)33(2,3)4/h9-18,27-30H,8H2,1-7H3/t27-,28+,29-,30-/m1/s1. The number of rotatable bonds is 3. The molecule has 1 fully saturated rings. The molecule has 0 unspecified atom stereocenters. The number of ether oxygens (including phenoxy) is 1. The van der Waals surface area contributed by atoms with Crippen LogP contribution in [0.2, 0.25) is 0 Å². The third kappa shape index (κ3) is 3.56. The molecular formula is C34H37NO3. The summed E-state index contributed by atoms with van der Waals surface area (Å²) in [5.41, 5.74) is 7.97. The van der Waals surface area contributed by atoms with Gasteiger partial charge in [0.15, 0.2) is 0 Å². The highest BCUT2D eigenvalue weighted by Gasteiger charge is 2.62. The number of carbonyl (C=O) groups is 2. The summed E-state index contributed by atoms with van der Waals surface area (Å²) in [7, 11) is 0. The lowest BCUT2D eigenvalue weighted by atomic mass is 9.54. The normalized spacial score (nSPS) is 23.8. The van der Waals surface area contributed by atoms with E-state index in [-0.39, 0.29) is 34.5 Å². The van der Waals surface area contributed by atoms with E-state index in [0.717, 1.165) is 5.75 Å². The molecule has 2 amide bonds. The van der Waals surface area contributed by atoms with Crippen molar-refractivity contribution in [3.8, 4) is 5.75 Å². The van der Waals surface area contributed by atoms with Gasteiger partial charge >= 0.3 is 0 Å². The van der Waals surface area contributed by atoms with Crippen LogP contribution in [0.15, 0.2) is 60.7 Å². The van der Waals surface area contributed by atoms with Crippen LogP contribution in [0, 0.1) is 11.8 Å². The molecule has 0 spiro atoms. The number of imide groups is 1. The van der Waals surface area contributed by atoms with Crippen molar-refractivity contribution in [1.29, 1.82) is 0 Å². The molecule has 4 atom stereocenters. The van der Waals surface area contributed by atoms with Gasteiger partial charge in [-0.2, -0.15) is 0 Å². The average Bonchev–Trinajstić information content (AvgIpc) is 3.13. The summed E-state index contributed by atoms with van der Waals surface area (Å²) >= 11 is 0. The van der Waals surface area contributed by atoms with Crippen molar-refractivity contribution in [3.05, 3.63) is 94.0 Å². The van der Waals surface area contributed by atoms with Crippen molar-refractivity contribution in [2.45, 2.75) is 71.1 Å². The van der Waals surface area contributed by atoms with Gasteiger partial charge in [0, 0.05) is 11.8 Å². The van der Waals surface area contributed by atoms with Crippen LogP contribution in [0.3, 0.4) is 0 Å². The first kappa shape index (κ1) is 24.9. The Balaban J connectivity index is 1.52. The van der Waals surface area contributed by atoms with Gasteiger partial charge < -0.3 is 4.74 Å². The van der Waals surface area contributed by atoms with Crippen LogP contribution < -0.4 is 9.64 Å². The number of nitrogens with zero attached hydrogens (tertiary/aromatic N) is 1. The molecule has 3 aromatic rings. The van der Waals surface area contributed by atoms with Crippen LogP contribution in [-0.4, -0.2) is 18.4 Å². The van der Waals surface area contributed by atoms with Gasteiger partial charge in [0.2, 0.25) is 11.8 Å². The zero-order chi connectivity index (χ0) is 27.1. The minimum absolute atomic E-state index is 0.00606. The highest BCUT2D eigenvalue weighted by atomic mass is 16.5. The molecule has 0 aromatic heterocycles. The summed E-state index contributed by atoms with van der Waals surface area (Å²) in [5, 5.41) is 0. The average molecular weight is 508 g/mol. The first-order valence-electron chi connectivity index (χ1n) is 13.8. The summed E-state index contributed by atoms with van der Waals surface area (Å²) in [6.45, 7) is 15.8. The molecular weight excluding hydrogens is 470 g/mol. The fourth-order valence-corrected chi connectivity index (χ4v) is 6.82. The molecule has 1 heterocycles. The predicted molar refractivity (Wildman–Crippen MR) is 151 cm³/mol. The number of benzene rings is 3. The van der Waals surface area contributed by atoms with Crippen LogP contribution in [0.1, 0.15) is 93.7 Å². The van der Waals surface area contributed by atoms with Crippen molar-refractivity contribution in [1.82, 2.24) is 0 Å². The summed E-state index contributed by atoms with van der Waals surface area (Å²) < 4.78 is 5.59. The summed E-state index contributed by atoms with van der Waals surface area (Å²) in [6, 6.07) is 20.8. The number of anilines is 1. The number of amides is 2. The Hall–Kier alpha value is -3.40. The highest BCUT2D eigenvalue weighted by Crippen LogP contribution is 2.62. The monoisotopic (exact) mass is 507 g/mol. The van der Waals surface area contributed by atoms with E-state index < -0.39 is 11.8 Å². The Morgan fingerprint density at radius 3 is 1.50 bits per heavy atom. The number of hydrogen-bond acceptors (Lipinski definition) is 3. The topological polar surface area (TPSA) is 46.6 Å². The van der Waals surface area contributed by atoms with Crippen molar-refractivity contribution in [2.24, 2.45) is 11.8 Å². The smallest absolute Gasteiger partial charge is 0.238 e. The van der Waals surface area contributed by atoms with E-state index in [1.165, 1.54) is 38.3 Å². The Bertz CT molecular complexity index is 1370. The predicted octanol–water partition coefficient (Wildman–Crippen LogP) is 7.08. The molecule has 0 radical (unpaired) electrons. The van der Waals surface area contributed by atoms with E-state index in [9.17, 15) is 9.59 Å². The fraction of sp³-hybridized carbons (Fsp3) is 0.412. The first-order chi connectivity index (χ1) is 17.9. The molecule has 4 nitrogen and oxygen atoms in total. The Labute approximate surface area is 226 Å². The van der Waals surface area contributed by atoms with Crippen LogP contribution >= 0.6 is 0 Å². The molecule has 1 aliphatic heterocycles. The molecule has 1 saturated heterocycles.